The third-order valence-corrected chi connectivity index (χ3v) is 2.99. The molecule has 0 unspecified atom stereocenters. The maximum atomic E-state index is 11.6. The zero-order valence-electron chi connectivity index (χ0n) is 11.7. The number of rotatable bonds is 5. The zero-order valence-corrected chi connectivity index (χ0v) is 11.7. The first-order valence-corrected chi connectivity index (χ1v) is 6.78. The molecular weight excluding hydrogens is 262 g/mol. The van der Waals surface area contributed by atoms with E-state index in [2.05, 4.69) is 11.2 Å². The van der Waals surface area contributed by atoms with E-state index in [0.29, 0.717) is 6.54 Å². The van der Waals surface area contributed by atoms with Gasteiger partial charge >= 0.3 is 6.09 Å². The highest BCUT2D eigenvalue weighted by Gasteiger charge is 2.02. The largest absolute Gasteiger partial charge is 0.445 e. The van der Waals surface area contributed by atoms with Crippen molar-refractivity contribution in [3.05, 3.63) is 71.3 Å². The number of carbonyl (C=O) groups is 1. The lowest BCUT2D eigenvalue weighted by Gasteiger charge is -2.07. The summed E-state index contributed by atoms with van der Waals surface area (Å²) < 4.78 is 5.13. The Balaban J connectivity index is 1.71. The van der Waals surface area contributed by atoms with Crippen LogP contribution in [0.15, 0.2) is 54.6 Å². The average molecular weight is 279 g/mol. The summed E-state index contributed by atoms with van der Waals surface area (Å²) in [6, 6.07) is 17.3. The van der Waals surface area contributed by atoms with Crippen LogP contribution in [0.2, 0.25) is 0 Å². The summed E-state index contributed by atoms with van der Waals surface area (Å²) >= 11 is 0. The van der Waals surface area contributed by atoms with Crippen LogP contribution in [0.3, 0.4) is 0 Å². The highest BCUT2D eigenvalue weighted by Crippen LogP contribution is 2.04. The Bertz CT molecular complexity index is 629. The summed E-state index contributed by atoms with van der Waals surface area (Å²) in [7, 11) is 0. The highest BCUT2D eigenvalue weighted by atomic mass is 16.5. The molecule has 0 saturated heterocycles. The molecule has 106 valence electrons. The summed E-state index contributed by atoms with van der Waals surface area (Å²) in [5.41, 5.74) is 2.90. The monoisotopic (exact) mass is 279 g/mol. The fraction of sp³-hybridized carbons (Fsp3) is 0.167. The van der Waals surface area contributed by atoms with E-state index in [1.165, 1.54) is 0 Å². The van der Waals surface area contributed by atoms with Gasteiger partial charge in [0, 0.05) is 12.1 Å². The van der Waals surface area contributed by atoms with E-state index in [1.807, 2.05) is 54.6 Å². The Kier molecular flexibility index (Phi) is 5.42. The Morgan fingerprint density at radius 3 is 2.62 bits per heavy atom. The van der Waals surface area contributed by atoms with Crippen molar-refractivity contribution < 1.29 is 9.53 Å². The van der Waals surface area contributed by atoms with Crippen molar-refractivity contribution in [1.29, 1.82) is 0 Å². The van der Waals surface area contributed by atoms with Crippen LogP contribution in [-0.4, -0.2) is 12.6 Å². The Labute approximate surface area is 125 Å². The molecule has 2 aromatic rings. The Morgan fingerprint density at radius 1 is 1.10 bits per heavy atom. The van der Waals surface area contributed by atoms with Gasteiger partial charge in [0.25, 0.3) is 0 Å². The molecule has 1 N–H and O–H groups in total. The van der Waals surface area contributed by atoms with Gasteiger partial charge in [-0.15, -0.1) is 6.42 Å². The second kappa shape index (κ2) is 7.76. The minimum absolute atomic E-state index is 0.277. The van der Waals surface area contributed by atoms with Gasteiger partial charge in [0.2, 0.25) is 0 Å². The number of hydrogen-bond acceptors (Lipinski definition) is 2. The lowest BCUT2D eigenvalue weighted by atomic mass is 10.1. The number of hydrogen-bond donors (Lipinski definition) is 1. The van der Waals surface area contributed by atoms with Crippen LogP contribution in [-0.2, 0) is 17.8 Å². The number of alkyl carbamates (subject to hydrolysis) is 1. The molecule has 0 fully saturated rings. The molecule has 2 aromatic carbocycles. The molecule has 0 radical (unpaired) electrons. The van der Waals surface area contributed by atoms with Gasteiger partial charge < -0.3 is 10.1 Å². The number of amides is 1. The molecule has 21 heavy (non-hydrogen) atoms. The number of terminal acetylenes is 1. The van der Waals surface area contributed by atoms with E-state index in [1.54, 1.807) is 0 Å². The number of nitrogens with one attached hydrogen (secondary N) is 1. The topological polar surface area (TPSA) is 38.3 Å². The summed E-state index contributed by atoms with van der Waals surface area (Å²) in [6.45, 7) is 0.793. The van der Waals surface area contributed by atoms with E-state index < -0.39 is 6.09 Å². The molecular formula is C18H17NO2. The maximum Gasteiger partial charge on any atom is 0.407 e. The molecule has 1 amide bonds. The van der Waals surface area contributed by atoms with Crippen molar-refractivity contribution in [1.82, 2.24) is 5.32 Å². The summed E-state index contributed by atoms with van der Waals surface area (Å²) in [5.74, 6) is 2.59. The molecule has 0 atom stereocenters. The fourth-order valence-corrected chi connectivity index (χ4v) is 1.90. The van der Waals surface area contributed by atoms with Crippen molar-refractivity contribution in [2.24, 2.45) is 0 Å². The first-order chi connectivity index (χ1) is 10.3. The maximum absolute atomic E-state index is 11.6. The van der Waals surface area contributed by atoms with Crippen LogP contribution in [0.5, 0.6) is 0 Å². The summed E-state index contributed by atoms with van der Waals surface area (Å²) in [4.78, 5) is 11.6. The van der Waals surface area contributed by atoms with Crippen LogP contribution >= 0.6 is 0 Å². The highest BCUT2D eigenvalue weighted by molar-refractivity contribution is 5.67. The molecule has 0 aliphatic rings. The van der Waals surface area contributed by atoms with Crippen LogP contribution < -0.4 is 5.32 Å². The van der Waals surface area contributed by atoms with Crippen molar-refractivity contribution in [2.45, 2.75) is 13.0 Å². The van der Waals surface area contributed by atoms with Crippen LogP contribution in [0.1, 0.15) is 16.7 Å². The van der Waals surface area contributed by atoms with Crippen LogP contribution in [0.25, 0.3) is 0 Å². The van der Waals surface area contributed by atoms with Crippen LogP contribution in [0, 0.1) is 12.3 Å². The second-order valence-electron chi connectivity index (χ2n) is 4.58. The lowest BCUT2D eigenvalue weighted by Crippen LogP contribution is -2.26. The summed E-state index contributed by atoms with van der Waals surface area (Å²) in [5, 5.41) is 2.73. The van der Waals surface area contributed by atoms with E-state index in [4.69, 9.17) is 11.2 Å². The lowest BCUT2D eigenvalue weighted by molar-refractivity contribution is 0.140. The molecule has 0 aromatic heterocycles. The van der Waals surface area contributed by atoms with Gasteiger partial charge in [-0.25, -0.2) is 4.79 Å². The molecule has 2 rings (SSSR count). The normalized spacial score (nSPS) is 9.67. The van der Waals surface area contributed by atoms with Gasteiger partial charge in [0.05, 0.1) is 0 Å². The first-order valence-electron chi connectivity index (χ1n) is 6.78. The minimum atomic E-state index is -0.410. The van der Waals surface area contributed by atoms with E-state index >= 15 is 0 Å². The predicted octanol–water partition coefficient (Wildman–Crippen LogP) is 3.14. The molecule has 3 nitrogen and oxygen atoms in total. The molecule has 0 aliphatic heterocycles. The Morgan fingerprint density at radius 2 is 1.86 bits per heavy atom. The molecule has 0 saturated carbocycles. The number of carbonyl (C=O) groups excluding carboxylic acids is 1. The molecule has 0 aliphatic carbocycles. The van der Waals surface area contributed by atoms with Crippen molar-refractivity contribution in [3.8, 4) is 12.3 Å². The molecule has 3 heteroatoms. The van der Waals surface area contributed by atoms with Crippen LogP contribution in [0.4, 0.5) is 4.79 Å². The standard InChI is InChI=1S/C18H17NO2/c1-2-15-9-6-10-16(13-15)11-12-19-18(20)21-14-17-7-4-3-5-8-17/h1,3-10,13H,11-12,14H2,(H,19,20). The van der Waals surface area contributed by atoms with Gasteiger partial charge in [-0.2, -0.15) is 0 Å². The van der Waals surface area contributed by atoms with Gasteiger partial charge in [-0.3, -0.25) is 0 Å². The fourth-order valence-electron chi connectivity index (χ4n) is 1.90. The van der Waals surface area contributed by atoms with Gasteiger partial charge in [0.15, 0.2) is 0 Å². The third kappa shape index (κ3) is 5.04. The Hall–Kier alpha value is -2.73. The summed E-state index contributed by atoms with van der Waals surface area (Å²) in [6.07, 6.45) is 5.66. The van der Waals surface area contributed by atoms with Gasteiger partial charge in [-0.05, 0) is 29.7 Å². The zero-order chi connectivity index (χ0) is 14.9. The first kappa shape index (κ1) is 14.7. The quantitative estimate of drug-likeness (QED) is 0.854. The van der Waals surface area contributed by atoms with Crippen molar-refractivity contribution in [3.63, 3.8) is 0 Å². The van der Waals surface area contributed by atoms with Gasteiger partial charge in [0.1, 0.15) is 6.61 Å². The minimum Gasteiger partial charge on any atom is -0.445 e. The van der Waals surface area contributed by atoms with E-state index in [-0.39, 0.29) is 6.61 Å². The number of benzene rings is 2. The molecule has 0 bridgehead atoms. The molecule has 0 spiro atoms. The molecule has 0 heterocycles. The SMILES string of the molecule is C#Cc1cccc(CCNC(=O)OCc2ccccc2)c1. The number of ether oxygens (including phenoxy) is 1. The van der Waals surface area contributed by atoms with E-state index in [0.717, 1.165) is 23.1 Å². The van der Waals surface area contributed by atoms with Gasteiger partial charge in [-0.1, -0.05) is 48.4 Å². The van der Waals surface area contributed by atoms with E-state index in [9.17, 15) is 4.79 Å². The van der Waals surface area contributed by atoms with Crippen molar-refractivity contribution >= 4 is 6.09 Å². The predicted molar refractivity (Wildman–Crippen MR) is 82.7 cm³/mol. The average Bonchev–Trinajstić information content (AvgIpc) is 2.54. The smallest absolute Gasteiger partial charge is 0.407 e. The second-order valence-corrected chi connectivity index (χ2v) is 4.58. The third-order valence-electron chi connectivity index (χ3n) is 2.99. The van der Waals surface area contributed by atoms with Crippen molar-refractivity contribution in [2.75, 3.05) is 6.54 Å².